The van der Waals surface area contributed by atoms with E-state index in [1.54, 1.807) is 18.3 Å². The molecule has 0 radical (unpaired) electrons. The molecule has 1 aromatic rings. The Balaban J connectivity index is 1.90. The van der Waals surface area contributed by atoms with Crippen molar-refractivity contribution >= 4 is 17.9 Å². The number of likely N-dealkylation sites (tertiary alicyclic amines) is 1. The number of alkyl carbamates (subject to hydrolysis) is 1. The highest BCUT2D eigenvalue weighted by Crippen LogP contribution is 2.49. The monoisotopic (exact) mass is 376 g/mol. The summed E-state index contributed by atoms with van der Waals surface area (Å²) in [6.07, 6.45) is 0.792. The number of aromatic nitrogens is 1. The Morgan fingerprint density at radius 3 is 2.63 bits per heavy atom. The standard InChI is InChI=1S/C19H28N4O4/c1-12(2)19(11-22(17(25)26)13-7-6-9-20-15(13)19)23-10-8-14(23)21-16(24)27-18(3,4)5/h6-7,9,12,14H,8,10-11H2,1-5H3,(H,21,24)(H,25,26). The van der Waals surface area contributed by atoms with Crippen molar-refractivity contribution in [3.63, 3.8) is 0 Å². The van der Waals surface area contributed by atoms with E-state index >= 15 is 0 Å². The van der Waals surface area contributed by atoms with Gasteiger partial charge in [0.2, 0.25) is 0 Å². The third kappa shape index (κ3) is 3.34. The Morgan fingerprint density at radius 2 is 2.11 bits per heavy atom. The molecule has 1 fully saturated rings. The summed E-state index contributed by atoms with van der Waals surface area (Å²) in [6, 6.07) is 3.54. The average molecular weight is 376 g/mol. The fraction of sp³-hybridized carbons (Fsp3) is 0.632. The smallest absolute Gasteiger partial charge is 0.411 e. The molecule has 27 heavy (non-hydrogen) atoms. The second-order valence-corrected chi connectivity index (χ2v) is 8.46. The van der Waals surface area contributed by atoms with E-state index in [4.69, 9.17) is 4.74 Å². The molecule has 2 N–H and O–H groups in total. The number of amides is 2. The summed E-state index contributed by atoms with van der Waals surface area (Å²) in [5.41, 5.74) is 0.197. The van der Waals surface area contributed by atoms with Gasteiger partial charge < -0.3 is 15.2 Å². The highest BCUT2D eigenvalue weighted by molar-refractivity contribution is 5.89. The number of fused-ring (bicyclic) bond motifs is 1. The topological polar surface area (TPSA) is 95.0 Å². The van der Waals surface area contributed by atoms with E-state index in [0.29, 0.717) is 12.2 Å². The first-order valence-corrected chi connectivity index (χ1v) is 9.28. The molecule has 148 valence electrons. The second-order valence-electron chi connectivity index (χ2n) is 8.46. The van der Waals surface area contributed by atoms with Crippen LogP contribution in [0.15, 0.2) is 18.3 Å². The predicted octanol–water partition coefficient (Wildman–Crippen LogP) is 2.99. The quantitative estimate of drug-likeness (QED) is 0.842. The Hall–Kier alpha value is -2.35. The van der Waals surface area contributed by atoms with E-state index in [2.05, 4.69) is 29.0 Å². The van der Waals surface area contributed by atoms with Crippen molar-refractivity contribution in [2.45, 2.75) is 58.3 Å². The molecule has 1 aromatic heterocycles. The first-order chi connectivity index (χ1) is 12.6. The lowest BCUT2D eigenvalue weighted by molar-refractivity contribution is -0.0677. The van der Waals surface area contributed by atoms with Crippen molar-refractivity contribution in [2.24, 2.45) is 5.92 Å². The van der Waals surface area contributed by atoms with Gasteiger partial charge in [0.05, 0.1) is 29.6 Å². The van der Waals surface area contributed by atoms with Crippen molar-refractivity contribution in [3.8, 4) is 0 Å². The minimum atomic E-state index is -0.996. The largest absolute Gasteiger partial charge is 0.465 e. The van der Waals surface area contributed by atoms with E-state index in [1.165, 1.54) is 4.90 Å². The van der Waals surface area contributed by atoms with Gasteiger partial charge in [0.1, 0.15) is 5.60 Å². The Kier molecular flexibility index (Phi) is 4.80. The number of anilines is 1. The van der Waals surface area contributed by atoms with E-state index < -0.39 is 23.3 Å². The van der Waals surface area contributed by atoms with E-state index in [-0.39, 0.29) is 12.1 Å². The second kappa shape index (κ2) is 6.67. The molecule has 2 aliphatic heterocycles. The molecule has 0 aromatic carbocycles. The maximum absolute atomic E-state index is 12.2. The molecule has 8 nitrogen and oxygen atoms in total. The summed E-state index contributed by atoms with van der Waals surface area (Å²) in [6.45, 7) is 10.6. The van der Waals surface area contributed by atoms with Crippen LogP contribution in [0.1, 0.15) is 46.7 Å². The van der Waals surface area contributed by atoms with Gasteiger partial charge in [-0.05, 0) is 45.2 Å². The van der Waals surface area contributed by atoms with E-state index in [9.17, 15) is 14.7 Å². The Bertz CT molecular complexity index is 745. The van der Waals surface area contributed by atoms with Crippen LogP contribution in [0.25, 0.3) is 0 Å². The lowest BCUT2D eigenvalue weighted by Crippen LogP contribution is -2.68. The predicted molar refractivity (Wildman–Crippen MR) is 101 cm³/mol. The molecule has 2 amide bonds. The molecular formula is C19H28N4O4. The molecule has 8 heteroatoms. The first kappa shape index (κ1) is 19.4. The van der Waals surface area contributed by atoms with Crippen molar-refractivity contribution in [1.82, 2.24) is 15.2 Å². The van der Waals surface area contributed by atoms with Gasteiger partial charge in [-0.1, -0.05) is 13.8 Å². The fourth-order valence-electron chi connectivity index (χ4n) is 3.99. The van der Waals surface area contributed by atoms with Gasteiger partial charge in [0.15, 0.2) is 0 Å². The molecule has 3 rings (SSSR count). The number of hydrogen-bond donors (Lipinski definition) is 2. The van der Waals surface area contributed by atoms with Gasteiger partial charge >= 0.3 is 12.2 Å². The van der Waals surface area contributed by atoms with Crippen LogP contribution in [-0.2, 0) is 10.3 Å². The zero-order chi connectivity index (χ0) is 20.0. The third-order valence-electron chi connectivity index (χ3n) is 5.29. The molecule has 0 bridgehead atoms. The average Bonchev–Trinajstić information content (AvgIpc) is 2.87. The van der Waals surface area contributed by atoms with Crippen LogP contribution in [0, 0.1) is 5.92 Å². The lowest BCUT2D eigenvalue weighted by Gasteiger charge is -2.53. The summed E-state index contributed by atoms with van der Waals surface area (Å²) in [4.78, 5) is 32.1. The fourth-order valence-corrected chi connectivity index (χ4v) is 3.99. The molecule has 2 unspecified atom stereocenters. The number of carbonyl (C=O) groups excluding carboxylic acids is 1. The molecule has 2 aliphatic rings. The van der Waals surface area contributed by atoms with Gasteiger partial charge in [-0.2, -0.15) is 0 Å². The number of nitrogens with zero attached hydrogens (tertiary/aromatic N) is 3. The van der Waals surface area contributed by atoms with Gasteiger partial charge in [-0.25, -0.2) is 9.59 Å². The van der Waals surface area contributed by atoms with Crippen molar-refractivity contribution in [2.75, 3.05) is 18.0 Å². The summed E-state index contributed by atoms with van der Waals surface area (Å²) in [5, 5.41) is 12.6. The van der Waals surface area contributed by atoms with Gasteiger partial charge in [0, 0.05) is 12.7 Å². The maximum Gasteiger partial charge on any atom is 0.411 e. The third-order valence-corrected chi connectivity index (χ3v) is 5.29. The zero-order valence-electron chi connectivity index (χ0n) is 16.5. The van der Waals surface area contributed by atoms with Gasteiger partial charge in [-0.15, -0.1) is 0 Å². The van der Waals surface area contributed by atoms with Gasteiger partial charge in [0.25, 0.3) is 0 Å². The van der Waals surface area contributed by atoms with Crippen molar-refractivity contribution < 1.29 is 19.4 Å². The van der Waals surface area contributed by atoms with Crippen LogP contribution in [0.5, 0.6) is 0 Å². The number of nitrogens with one attached hydrogen (secondary N) is 1. The molecule has 3 heterocycles. The maximum atomic E-state index is 12.2. The SMILES string of the molecule is CC(C)C1(N2CCC2NC(=O)OC(C)(C)C)CN(C(=O)O)c2cccnc21. The highest BCUT2D eigenvalue weighted by Gasteiger charge is 2.56. The number of carboxylic acid groups (broad SMARTS) is 1. The van der Waals surface area contributed by atoms with Crippen LogP contribution in [0.3, 0.4) is 0 Å². The first-order valence-electron chi connectivity index (χ1n) is 9.28. The number of rotatable bonds is 3. The van der Waals surface area contributed by atoms with E-state index in [0.717, 1.165) is 18.7 Å². The van der Waals surface area contributed by atoms with Crippen LogP contribution < -0.4 is 10.2 Å². The number of ether oxygens (including phenoxy) is 1. The van der Waals surface area contributed by atoms with Crippen LogP contribution in [0.4, 0.5) is 15.3 Å². The zero-order valence-corrected chi connectivity index (χ0v) is 16.5. The summed E-state index contributed by atoms with van der Waals surface area (Å²) >= 11 is 0. The molecule has 0 saturated carbocycles. The van der Waals surface area contributed by atoms with Crippen molar-refractivity contribution in [3.05, 3.63) is 24.0 Å². The Morgan fingerprint density at radius 1 is 1.41 bits per heavy atom. The minimum Gasteiger partial charge on any atom is -0.465 e. The van der Waals surface area contributed by atoms with Gasteiger partial charge in [-0.3, -0.25) is 14.8 Å². The number of pyridine rings is 1. The van der Waals surface area contributed by atoms with Crippen LogP contribution >= 0.6 is 0 Å². The Labute approximate surface area is 159 Å². The number of carbonyl (C=O) groups is 2. The number of hydrogen-bond acceptors (Lipinski definition) is 5. The molecular weight excluding hydrogens is 348 g/mol. The molecule has 0 aliphatic carbocycles. The summed E-state index contributed by atoms with van der Waals surface area (Å²) in [7, 11) is 0. The normalized spacial score (nSPS) is 25.1. The van der Waals surface area contributed by atoms with Crippen molar-refractivity contribution in [1.29, 1.82) is 0 Å². The highest BCUT2D eigenvalue weighted by atomic mass is 16.6. The minimum absolute atomic E-state index is 0.0961. The summed E-state index contributed by atoms with van der Waals surface area (Å²) < 4.78 is 5.38. The summed E-state index contributed by atoms with van der Waals surface area (Å²) in [5.74, 6) is 0.0961. The molecule has 2 atom stereocenters. The van der Waals surface area contributed by atoms with E-state index in [1.807, 2.05) is 20.8 Å². The van der Waals surface area contributed by atoms with Crippen LogP contribution in [0.2, 0.25) is 0 Å². The lowest BCUT2D eigenvalue weighted by atomic mass is 9.79. The van der Waals surface area contributed by atoms with Crippen LogP contribution in [-0.4, -0.2) is 52.0 Å². The molecule has 1 saturated heterocycles. The molecule has 0 spiro atoms.